The van der Waals surface area contributed by atoms with Crippen molar-refractivity contribution in [3.63, 3.8) is 0 Å². The number of hydrogen-bond acceptors (Lipinski definition) is 3. The lowest BCUT2D eigenvalue weighted by Crippen LogP contribution is -2.25. The lowest BCUT2D eigenvalue weighted by atomic mass is 10.2. The van der Waals surface area contributed by atoms with Crippen molar-refractivity contribution >= 4 is 16.6 Å². The molecule has 0 aliphatic rings. The summed E-state index contributed by atoms with van der Waals surface area (Å²) in [5.74, 6) is 0.803. The van der Waals surface area contributed by atoms with Crippen molar-refractivity contribution in [1.82, 2.24) is 4.57 Å². The summed E-state index contributed by atoms with van der Waals surface area (Å²) in [6.45, 7) is 5.29. The molecule has 1 atom stereocenters. The van der Waals surface area contributed by atoms with Crippen molar-refractivity contribution in [3.05, 3.63) is 59.8 Å². The van der Waals surface area contributed by atoms with E-state index in [0.717, 1.165) is 11.4 Å². The van der Waals surface area contributed by atoms with Gasteiger partial charge in [0.25, 0.3) is 0 Å². The number of ether oxygens (including phenoxy) is 1. The summed E-state index contributed by atoms with van der Waals surface area (Å²) >= 11 is 0. The van der Waals surface area contributed by atoms with Crippen LogP contribution >= 0.6 is 0 Å². The zero-order valence-electron chi connectivity index (χ0n) is 14.4. The highest BCUT2D eigenvalue weighted by atomic mass is 16.5. The number of nitrogens with zero attached hydrogens (tertiary/aromatic N) is 1. The molecule has 4 nitrogen and oxygen atoms in total. The van der Waals surface area contributed by atoms with E-state index >= 15 is 0 Å². The summed E-state index contributed by atoms with van der Waals surface area (Å²) in [7, 11) is 1.65. The zero-order valence-corrected chi connectivity index (χ0v) is 14.4. The maximum absolute atomic E-state index is 10.5. The second kappa shape index (κ2) is 6.97. The van der Waals surface area contributed by atoms with E-state index in [1.807, 2.05) is 30.3 Å². The maximum atomic E-state index is 10.5. The van der Waals surface area contributed by atoms with E-state index in [2.05, 4.69) is 41.9 Å². The van der Waals surface area contributed by atoms with Gasteiger partial charge in [0, 0.05) is 34.9 Å². The molecule has 126 valence electrons. The number of aliphatic hydroxyl groups is 1. The standard InChI is InChI=1S/C20H24N2O2/c1-14-15(2)22(20-10-5-4-9-19(14)20)13-17(23)12-21-16-7-6-8-18(11-16)24-3/h4-11,17,21,23H,12-13H2,1-3H3/t17-/m0/s1. The molecule has 0 bridgehead atoms. The van der Waals surface area contributed by atoms with Gasteiger partial charge in [0.1, 0.15) is 5.75 Å². The third kappa shape index (κ3) is 3.24. The second-order valence-electron chi connectivity index (χ2n) is 6.10. The van der Waals surface area contributed by atoms with Crippen LogP contribution in [0.4, 0.5) is 5.69 Å². The van der Waals surface area contributed by atoms with Gasteiger partial charge in [-0.3, -0.25) is 0 Å². The Hall–Kier alpha value is -2.46. The first kappa shape index (κ1) is 16.4. The average Bonchev–Trinajstić information content (AvgIpc) is 2.85. The maximum Gasteiger partial charge on any atom is 0.120 e. The topological polar surface area (TPSA) is 46.4 Å². The van der Waals surface area contributed by atoms with Gasteiger partial charge in [0.15, 0.2) is 0 Å². The summed E-state index contributed by atoms with van der Waals surface area (Å²) in [5, 5.41) is 15.0. The molecule has 0 radical (unpaired) electrons. The van der Waals surface area contributed by atoms with Crippen molar-refractivity contribution < 1.29 is 9.84 Å². The van der Waals surface area contributed by atoms with Gasteiger partial charge in [-0.1, -0.05) is 24.3 Å². The van der Waals surface area contributed by atoms with E-state index in [9.17, 15) is 5.11 Å². The van der Waals surface area contributed by atoms with Crippen molar-refractivity contribution in [3.8, 4) is 5.75 Å². The number of hydrogen-bond donors (Lipinski definition) is 2. The van der Waals surface area contributed by atoms with Crippen LogP contribution in [0.15, 0.2) is 48.5 Å². The largest absolute Gasteiger partial charge is 0.497 e. The minimum absolute atomic E-state index is 0.481. The summed E-state index contributed by atoms with van der Waals surface area (Å²) in [5.41, 5.74) is 4.60. The molecule has 0 amide bonds. The minimum atomic E-state index is -0.481. The summed E-state index contributed by atoms with van der Waals surface area (Å²) < 4.78 is 7.41. The minimum Gasteiger partial charge on any atom is -0.497 e. The fraction of sp³-hybridized carbons (Fsp3) is 0.300. The Morgan fingerprint density at radius 3 is 2.71 bits per heavy atom. The summed E-state index contributed by atoms with van der Waals surface area (Å²) in [6.07, 6.45) is -0.481. The molecule has 0 saturated carbocycles. The number of rotatable bonds is 6. The first-order valence-electron chi connectivity index (χ1n) is 8.20. The van der Waals surface area contributed by atoms with Crippen LogP contribution in [0.2, 0.25) is 0 Å². The molecule has 1 heterocycles. The highest BCUT2D eigenvalue weighted by Gasteiger charge is 2.13. The number of aromatic nitrogens is 1. The van der Waals surface area contributed by atoms with E-state index in [1.54, 1.807) is 7.11 Å². The van der Waals surface area contributed by atoms with Crippen LogP contribution in [0.25, 0.3) is 10.9 Å². The molecule has 0 spiro atoms. The molecule has 3 rings (SSSR count). The third-order valence-corrected chi connectivity index (χ3v) is 4.55. The fourth-order valence-electron chi connectivity index (χ4n) is 3.08. The monoisotopic (exact) mass is 324 g/mol. The Bertz CT molecular complexity index is 839. The summed E-state index contributed by atoms with van der Waals surface area (Å²) in [4.78, 5) is 0. The van der Waals surface area contributed by atoms with Crippen LogP contribution in [-0.2, 0) is 6.54 Å². The smallest absolute Gasteiger partial charge is 0.120 e. The molecule has 3 aromatic rings. The Labute approximate surface area is 142 Å². The predicted molar refractivity (Wildman–Crippen MR) is 98.9 cm³/mol. The van der Waals surface area contributed by atoms with E-state index in [4.69, 9.17) is 4.74 Å². The van der Waals surface area contributed by atoms with E-state index in [1.165, 1.54) is 22.2 Å². The van der Waals surface area contributed by atoms with E-state index in [0.29, 0.717) is 13.1 Å². The van der Waals surface area contributed by atoms with Crippen molar-refractivity contribution in [2.45, 2.75) is 26.5 Å². The lowest BCUT2D eigenvalue weighted by Gasteiger charge is -2.16. The zero-order chi connectivity index (χ0) is 17.1. The Morgan fingerprint density at radius 2 is 1.92 bits per heavy atom. The number of anilines is 1. The van der Waals surface area contributed by atoms with Crippen molar-refractivity contribution in [2.24, 2.45) is 0 Å². The second-order valence-corrected chi connectivity index (χ2v) is 6.10. The SMILES string of the molecule is COc1cccc(NC[C@H](O)Cn2c(C)c(C)c3ccccc32)c1. The van der Waals surface area contributed by atoms with Gasteiger partial charge >= 0.3 is 0 Å². The first-order chi connectivity index (χ1) is 11.6. The number of para-hydroxylation sites is 1. The third-order valence-electron chi connectivity index (χ3n) is 4.55. The van der Waals surface area contributed by atoms with Crippen LogP contribution in [0.5, 0.6) is 5.75 Å². The molecule has 0 unspecified atom stereocenters. The number of nitrogens with one attached hydrogen (secondary N) is 1. The van der Waals surface area contributed by atoms with Gasteiger partial charge in [-0.25, -0.2) is 0 Å². The Kier molecular flexibility index (Phi) is 4.76. The number of aryl methyl sites for hydroxylation is 1. The molecule has 0 saturated heterocycles. The van der Waals surface area contributed by atoms with Crippen LogP contribution in [0.1, 0.15) is 11.3 Å². The average molecular weight is 324 g/mol. The van der Waals surface area contributed by atoms with E-state index in [-0.39, 0.29) is 0 Å². The van der Waals surface area contributed by atoms with E-state index < -0.39 is 6.10 Å². The molecular formula is C20H24N2O2. The lowest BCUT2D eigenvalue weighted by molar-refractivity contribution is 0.167. The molecule has 4 heteroatoms. The number of benzene rings is 2. The van der Waals surface area contributed by atoms with Gasteiger partial charge < -0.3 is 19.7 Å². The van der Waals surface area contributed by atoms with Gasteiger partial charge in [-0.05, 0) is 37.6 Å². The van der Waals surface area contributed by atoms with Gasteiger partial charge in [0.2, 0.25) is 0 Å². The van der Waals surface area contributed by atoms with Crippen molar-refractivity contribution in [2.75, 3.05) is 19.0 Å². The fourth-order valence-corrected chi connectivity index (χ4v) is 3.08. The Morgan fingerprint density at radius 1 is 1.12 bits per heavy atom. The van der Waals surface area contributed by atoms with Crippen LogP contribution in [-0.4, -0.2) is 29.4 Å². The molecule has 2 N–H and O–H groups in total. The molecule has 0 aliphatic heterocycles. The molecule has 0 fully saturated rings. The molecule has 1 aromatic heterocycles. The van der Waals surface area contributed by atoms with Crippen LogP contribution < -0.4 is 10.1 Å². The predicted octanol–water partition coefficient (Wildman–Crippen LogP) is 3.74. The highest BCUT2D eigenvalue weighted by Crippen LogP contribution is 2.25. The number of methoxy groups -OCH3 is 1. The molecule has 24 heavy (non-hydrogen) atoms. The van der Waals surface area contributed by atoms with Crippen molar-refractivity contribution in [1.29, 1.82) is 0 Å². The summed E-state index contributed by atoms with van der Waals surface area (Å²) in [6, 6.07) is 16.1. The van der Waals surface area contributed by atoms with Gasteiger partial charge in [-0.2, -0.15) is 0 Å². The van der Waals surface area contributed by atoms with Crippen LogP contribution in [0, 0.1) is 13.8 Å². The number of aliphatic hydroxyl groups excluding tert-OH is 1. The van der Waals surface area contributed by atoms with Crippen LogP contribution in [0.3, 0.4) is 0 Å². The number of fused-ring (bicyclic) bond motifs is 1. The molecule has 2 aromatic carbocycles. The Balaban J connectivity index is 1.71. The van der Waals surface area contributed by atoms with Gasteiger partial charge in [-0.15, -0.1) is 0 Å². The van der Waals surface area contributed by atoms with Gasteiger partial charge in [0.05, 0.1) is 19.8 Å². The molecular weight excluding hydrogens is 300 g/mol. The molecule has 0 aliphatic carbocycles. The first-order valence-corrected chi connectivity index (χ1v) is 8.20. The highest BCUT2D eigenvalue weighted by molar-refractivity contribution is 5.85. The quantitative estimate of drug-likeness (QED) is 0.726. The normalized spacial score (nSPS) is 12.3.